The lowest BCUT2D eigenvalue weighted by atomic mass is 9.98. The van der Waals surface area contributed by atoms with Crippen molar-refractivity contribution in [3.8, 4) is 0 Å². The second-order valence-corrected chi connectivity index (χ2v) is 7.48. The van der Waals surface area contributed by atoms with Gasteiger partial charge in [0.1, 0.15) is 17.9 Å². The fourth-order valence-electron chi connectivity index (χ4n) is 3.64. The predicted octanol–water partition coefficient (Wildman–Crippen LogP) is 2.93. The van der Waals surface area contributed by atoms with E-state index in [1.165, 1.54) is 20.1 Å². The number of nitrogens with one attached hydrogen (secondary N) is 2. The molecule has 32 heavy (non-hydrogen) atoms. The first-order valence-corrected chi connectivity index (χ1v) is 10.2. The van der Waals surface area contributed by atoms with Gasteiger partial charge >= 0.3 is 5.97 Å². The average Bonchev–Trinajstić information content (AvgIpc) is 2.79. The summed E-state index contributed by atoms with van der Waals surface area (Å²) < 4.78 is 19.0. The first kappa shape index (κ1) is 22.9. The molecule has 0 bridgehead atoms. The molecule has 0 aliphatic carbocycles. The van der Waals surface area contributed by atoms with Gasteiger partial charge in [0, 0.05) is 19.8 Å². The predicted molar refractivity (Wildman–Crippen MR) is 119 cm³/mol. The maximum Gasteiger partial charge on any atom is 0.328 e. The normalized spacial score (nSPS) is 12.6. The topological polar surface area (TPSA) is 84.5 Å². The number of esters is 1. The van der Waals surface area contributed by atoms with E-state index in [1.807, 2.05) is 42.5 Å². The summed E-state index contributed by atoms with van der Waals surface area (Å²) >= 11 is 0. The average molecular weight is 436 g/mol. The molecule has 0 saturated heterocycles. The standard InChI is InChI=1S/C25H25FN2O4/c1-16(29)27-22(15-19-9-4-6-13-21(19)26)24(30)28-23(25(31)32-2)14-18-11-7-10-17-8-3-5-12-20(17)18/h3-13,22-23H,14-15H2,1-2H3,(H,27,29)(H,28,30)/t22-,23+/m0/s1. The minimum atomic E-state index is -1.05. The highest BCUT2D eigenvalue weighted by atomic mass is 19.1. The van der Waals surface area contributed by atoms with Gasteiger partial charge in [0.25, 0.3) is 0 Å². The van der Waals surface area contributed by atoms with Crippen LogP contribution in [0.3, 0.4) is 0 Å². The zero-order chi connectivity index (χ0) is 23.1. The maximum absolute atomic E-state index is 14.1. The Bertz CT molecular complexity index is 1130. The molecule has 0 aliphatic heterocycles. The lowest BCUT2D eigenvalue weighted by molar-refractivity contribution is -0.145. The van der Waals surface area contributed by atoms with Gasteiger partial charge < -0.3 is 15.4 Å². The van der Waals surface area contributed by atoms with Crippen LogP contribution < -0.4 is 10.6 Å². The number of hydrogen-bond donors (Lipinski definition) is 2. The number of halogens is 1. The van der Waals surface area contributed by atoms with E-state index in [0.29, 0.717) is 0 Å². The smallest absolute Gasteiger partial charge is 0.328 e. The van der Waals surface area contributed by atoms with E-state index >= 15 is 0 Å². The molecule has 2 atom stereocenters. The van der Waals surface area contributed by atoms with Crippen molar-refractivity contribution in [3.05, 3.63) is 83.7 Å². The molecule has 0 fully saturated rings. The molecule has 6 nitrogen and oxygen atoms in total. The van der Waals surface area contributed by atoms with Crippen molar-refractivity contribution in [1.82, 2.24) is 10.6 Å². The van der Waals surface area contributed by atoms with Gasteiger partial charge in [-0.2, -0.15) is 0 Å². The Hall–Kier alpha value is -3.74. The van der Waals surface area contributed by atoms with E-state index in [1.54, 1.807) is 18.2 Å². The van der Waals surface area contributed by atoms with Crippen LogP contribution in [-0.2, 0) is 32.0 Å². The van der Waals surface area contributed by atoms with Gasteiger partial charge in [-0.1, -0.05) is 60.7 Å². The summed E-state index contributed by atoms with van der Waals surface area (Å²) in [4.78, 5) is 37.2. The molecule has 0 aromatic heterocycles. The molecule has 0 radical (unpaired) electrons. The number of ether oxygens (including phenoxy) is 1. The van der Waals surface area contributed by atoms with Crippen molar-refractivity contribution in [2.24, 2.45) is 0 Å². The Labute approximate surface area is 185 Å². The Morgan fingerprint density at radius 1 is 0.844 bits per heavy atom. The Morgan fingerprint density at radius 2 is 1.47 bits per heavy atom. The van der Waals surface area contributed by atoms with Crippen LogP contribution in [0.15, 0.2) is 66.7 Å². The lowest BCUT2D eigenvalue weighted by Gasteiger charge is -2.22. The number of hydrogen-bond acceptors (Lipinski definition) is 4. The quantitative estimate of drug-likeness (QED) is 0.532. The van der Waals surface area contributed by atoms with Gasteiger partial charge in [0.2, 0.25) is 11.8 Å². The molecular weight excluding hydrogens is 411 g/mol. The zero-order valence-electron chi connectivity index (χ0n) is 17.9. The Morgan fingerprint density at radius 3 is 2.19 bits per heavy atom. The molecule has 166 valence electrons. The molecule has 0 aliphatic rings. The maximum atomic E-state index is 14.1. The Balaban J connectivity index is 1.83. The molecule has 3 aromatic carbocycles. The van der Waals surface area contributed by atoms with Crippen molar-refractivity contribution in [3.63, 3.8) is 0 Å². The van der Waals surface area contributed by atoms with Crippen molar-refractivity contribution in [2.45, 2.75) is 31.8 Å². The molecule has 3 aromatic rings. The van der Waals surface area contributed by atoms with Gasteiger partial charge in [0.15, 0.2) is 0 Å². The zero-order valence-corrected chi connectivity index (χ0v) is 17.9. The van der Waals surface area contributed by atoms with Crippen LogP contribution in [-0.4, -0.2) is 37.0 Å². The highest BCUT2D eigenvalue weighted by Gasteiger charge is 2.28. The van der Waals surface area contributed by atoms with Crippen LogP contribution in [0.1, 0.15) is 18.1 Å². The number of carbonyl (C=O) groups is 3. The second-order valence-electron chi connectivity index (χ2n) is 7.48. The summed E-state index contributed by atoms with van der Waals surface area (Å²) in [5.74, 6) is -2.13. The van der Waals surface area contributed by atoms with E-state index < -0.39 is 35.7 Å². The van der Waals surface area contributed by atoms with Crippen LogP contribution >= 0.6 is 0 Å². The molecule has 0 unspecified atom stereocenters. The summed E-state index contributed by atoms with van der Waals surface area (Å²) in [7, 11) is 1.25. The third-order valence-electron chi connectivity index (χ3n) is 5.18. The Kier molecular flexibility index (Phi) is 7.54. The van der Waals surface area contributed by atoms with Crippen LogP contribution in [0.4, 0.5) is 4.39 Å². The van der Waals surface area contributed by atoms with Crippen LogP contribution in [0.5, 0.6) is 0 Å². The van der Waals surface area contributed by atoms with E-state index in [9.17, 15) is 18.8 Å². The number of rotatable bonds is 8. The summed E-state index contributed by atoms with van der Waals surface area (Å²) in [6.07, 6.45) is 0.145. The van der Waals surface area contributed by atoms with Gasteiger partial charge in [-0.05, 0) is 28.0 Å². The highest BCUT2D eigenvalue weighted by Crippen LogP contribution is 2.20. The lowest BCUT2D eigenvalue weighted by Crippen LogP contribution is -2.53. The van der Waals surface area contributed by atoms with E-state index in [2.05, 4.69) is 10.6 Å². The second kappa shape index (κ2) is 10.5. The first-order valence-electron chi connectivity index (χ1n) is 10.2. The molecule has 2 amide bonds. The van der Waals surface area contributed by atoms with Crippen LogP contribution in [0.2, 0.25) is 0 Å². The summed E-state index contributed by atoms with van der Waals surface area (Å²) in [5, 5.41) is 7.19. The van der Waals surface area contributed by atoms with Crippen LogP contribution in [0.25, 0.3) is 10.8 Å². The number of methoxy groups -OCH3 is 1. The monoisotopic (exact) mass is 436 g/mol. The number of benzene rings is 3. The fourth-order valence-corrected chi connectivity index (χ4v) is 3.64. The molecule has 7 heteroatoms. The number of amides is 2. The minimum Gasteiger partial charge on any atom is -0.467 e. The van der Waals surface area contributed by atoms with Crippen molar-refractivity contribution in [1.29, 1.82) is 0 Å². The molecule has 0 saturated carbocycles. The largest absolute Gasteiger partial charge is 0.467 e. The molecule has 0 heterocycles. The van der Waals surface area contributed by atoms with Gasteiger partial charge in [-0.15, -0.1) is 0 Å². The molecule has 0 spiro atoms. The molecular formula is C25H25FN2O4. The van der Waals surface area contributed by atoms with Crippen molar-refractivity contribution >= 4 is 28.6 Å². The van der Waals surface area contributed by atoms with Gasteiger partial charge in [-0.25, -0.2) is 9.18 Å². The number of fused-ring (bicyclic) bond motifs is 1. The SMILES string of the molecule is COC(=O)[C@@H](Cc1cccc2ccccc12)NC(=O)[C@H](Cc1ccccc1F)NC(C)=O. The van der Waals surface area contributed by atoms with Crippen molar-refractivity contribution < 1.29 is 23.5 Å². The third kappa shape index (κ3) is 5.69. The van der Waals surface area contributed by atoms with E-state index in [4.69, 9.17) is 4.74 Å². The molecule has 3 rings (SSSR count). The van der Waals surface area contributed by atoms with E-state index in [-0.39, 0.29) is 18.4 Å². The first-order chi connectivity index (χ1) is 15.4. The van der Waals surface area contributed by atoms with Gasteiger partial charge in [-0.3, -0.25) is 9.59 Å². The summed E-state index contributed by atoms with van der Waals surface area (Å²) in [5.41, 5.74) is 1.15. The van der Waals surface area contributed by atoms with E-state index in [0.717, 1.165) is 16.3 Å². The van der Waals surface area contributed by atoms with Crippen molar-refractivity contribution in [2.75, 3.05) is 7.11 Å². The number of carbonyl (C=O) groups excluding carboxylic acids is 3. The third-order valence-corrected chi connectivity index (χ3v) is 5.18. The highest BCUT2D eigenvalue weighted by molar-refractivity contribution is 5.91. The summed E-state index contributed by atoms with van der Waals surface area (Å²) in [6, 6.07) is 17.5. The molecule has 2 N–H and O–H groups in total. The fraction of sp³-hybridized carbons (Fsp3) is 0.240. The minimum absolute atomic E-state index is 0.0553. The van der Waals surface area contributed by atoms with Crippen LogP contribution in [0, 0.1) is 5.82 Å². The van der Waals surface area contributed by atoms with Gasteiger partial charge in [0.05, 0.1) is 7.11 Å². The summed E-state index contributed by atoms with van der Waals surface area (Å²) in [6.45, 7) is 1.27.